The first kappa shape index (κ1) is 21.4. The van der Waals surface area contributed by atoms with Crippen LogP contribution in [0.5, 0.6) is 11.5 Å². The Morgan fingerprint density at radius 2 is 1.60 bits per heavy atom. The van der Waals surface area contributed by atoms with Crippen LogP contribution in [-0.2, 0) is 0 Å². The minimum absolute atomic E-state index is 0.00134. The predicted molar refractivity (Wildman–Crippen MR) is 116 cm³/mol. The molecule has 2 N–H and O–H groups in total. The SMILES string of the molecule is COc1cc(OC)c(Nc2ncnc(Nc3cc(Cl)ccc3C)c2[N+](=O)[O-])cc1Cl. The highest BCUT2D eigenvalue weighted by Crippen LogP contribution is 2.40. The van der Waals surface area contributed by atoms with E-state index in [1.54, 1.807) is 24.3 Å². The maximum absolute atomic E-state index is 11.8. The Kier molecular flexibility index (Phi) is 6.43. The van der Waals surface area contributed by atoms with Gasteiger partial charge in [-0.2, -0.15) is 0 Å². The largest absolute Gasteiger partial charge is 0.495 e. The standard InChI is InChI=1S/C19H17Cl2N5O4/c1-10-4-5-11(20)6-13(10)24-18-17(26(27)28)19(23-9-22-18)25-14-7-12(21)15(29-2)8-16(14)30-3/h4-9H,1-3H3,(H2,22,23,24,25). The van der Waals surface area contributed by atoms with Crippen molar-refractivity contribution >= 4 is 51.9 Å². The van der Waals surface area contributed by atoms with Crippen molar-refractivity contribution in [2.75, 3.05) is 24.9 Å². The molecule has 0 spiro atoms. The molecule has 0 atom stereocenters. The number of nitro groups is 1. The summed E-state index contributed by atoms with van der Waals surface area (Å²) in [5, 5.41) is 18.5. The Balaban J connectivity index is 2.05. The lowest BCUT2D eigenvalue weighted by Gasteiger charge is -2.15. The van der Waals surface area contributed by atoms with Crippen molar-refractivity contribution < 1.29 is 14.4 Å². The zero-order valence-corrected chi connectivity index (χ0v) is 17.7. The number of hydrogen-bond donors (Lipinski definition) is 2. The van der Waals surface area contributed by atoms with Gasteiger partial charge in [-0.05, 0) is 30.7 Å². The lowest BCUT2D eigenvalue weighted by Crippen LogP contribution is -2.06. The van der Waals surface area contributed by atoms with Crippen molar-refractivity contribution in [1.29, 1.82) is 0 Å². The van der Waals surface area contributed by atoms with Crippen LogP contribution in [0, 0.1) is 17.0 Å². The highest BCUT2D eigenvalue weighted by atomic mass is 35.5. The van der Waals surface area contributed by atoms with Crippen LogP contribution in [0.15, 0.2) is 36.7 Å². The van der Waals surface area contributed by atoms with Crippen LogP contribution < -0.4 is 20.1 Å². The van der Waals surface area contributed by atoms with E-state index in [-0.39, 0.29) is 17.3 Å². The van der Waals surface area contributed by atoms with Crippen LogP contribution in [0.2, 0.25) is 10.0 Å². The molecule has 0 saturated carbocycles. The molecule has 1 heterocycles. The fraction of sp³-hybridized carbons (Fsp3) is 0.158. The number of ether oxygens (including phenoxy) is 2. The van der Waals surface area contributed by atoms with Gasteiger partial charge in [-0.3, -0.25) is 10.1 Å². The van der Waals surface area contributed by atoms with Crippen LogP contribution in [0.4, 0.5) is 28.7 Å². The Morgan fingerprint density at radius 1 is 0.967 bits per heavy atom. The molecule has 2 aromatic carbocycles. The first-order valence-electron chi connectivity index (χ1n) is 8.55. The second kappa shape index (κ2) is 9.02. The van der Waals surface area contributed by atoms with Crippen molar-refractivity contribution in [3.05, 3.63) is 62.4 Å². The molecule has 30 heavy (non-hydrogen) atoms. The predicted octanol–water partition coefficient (Wildman–Crippen LogP) is 5.50. The fourth-order valence-electron chi connectivity index (χ4n) is 2.68. The molecule has 0 aliphatic rings. The van der Waals surface area contributed by atoms with Gasteiger partial charge < -0.3 is 20.1 Å². The summed E-state index contributed by atoms with van der Waals surface area (Å²) in [6.07, 6.45) is 1.20. The first-order chi connectivity index (χ1) is 14.3. The normalized spacial score (nSPS) is 10.4. The number of hydrogen-bond acceptors (Lipinski definition) is 8. The molecule has 0 fully saturated rings. The summed E-state index contributed by atoms with van der Waals surface area (Å²) in [5.41, 5.74) is 1.44. The van der Waals surface area contributed by atoms with Crippen molar-refractivity contribution in [1.82, 2.24) is 9.97 Å². The van der Waals surface area contributed by atoms with Gasteiger partial charge in [0, 0.05) is 16.8 Å². The topological polar surface area (TPSA) is 111 Å². The van der Waals surface area contributed by atoms with E-state index in [2.05, 4.69) is 20.6 Å². The van der Waals surface area contributed by atoms with Crippen LogP contribution in [0.1, 0.15) is 5.56 Å². The highest BCUT2D eigenvalue weighted by Gasteiger charge is 2.25. The summed E-state index contributed by atoms with van der Waals surface area (Å²) in [6, 6.07) is 8.26. The first-order valence-corrected chi connectivity index (χ1v) is 9.30. The second-order valence-corrected chi connectivity index (χ2v) is 6.92. The molecule has 0 radical (unpaired) electrons. The van der Waals surface area contributed by atoms with Gasteiger partial charge in [0.05, 0.1) is 29.9 Å². The Labute approximate surface area is 182 Å². The number of anilines is 4. The fourth-order valence-corrected chi connectivity index (χ4v) is 3.09. The summed E-state index contributed by atoms with van der Waals surface area (Å²) >= 11 is 12.2. The van der Waals surface area contributed by atoms with Gasteiger partial charge in [-0.25, -0.2) is 9.97 Å². The minimum atomic E-state index is -0.581. The Hall–Kier alpha value is -3.30. The van der Waals surface area contributed by atoms with Gasteiger partial charge >= 0.3 is 5.69 Å². The number of benzene rings is 2. The molecule has 11 heteroatoms. The number of nitrogens with zero attached hydrogens (tertiary/aromatic N) is 3. The van der Waals surface area contributed by atoms with Gasteiger partial charge in [-0.15, -0.1) is 0 Å². The van der Waals surface area contributed by atoms with Crippen molar-refractivity contribution in [3.63, 3.8) is 0 Å². The van der Waals surface area contributed by atoms with E-state index in [1.165, 1.54) is 26.6 Å². The smallest absolute Gasteiger partial charge is 0.353 e. The molecular weight excluding hydrogens is 433 g/mol. The van der Waals surface area contributed by atoms with Crippen molar-refractivity contribution in [2.45, 2.75) is 6.92 Å². The summed E-state index contributed by atoms with van der Waals surface area (Å²) in [4.78, 5) is 19.3. The van der Waals surface area contributed by atoms with E-state index in [1.807, 2.05) is 6.92 Å². The number of methoxy groups -OCH3 is 2. The van der Waals surface area contributed by atoms with Crippen LogP contribution in [0.25, 0.3) is 0 Å². The molecular formula is C19H17Cl2N5O4. The summed E-state index contributed by atoms with van der Waals surface area (Å²) in [7, 11) is 2.93. The number of nitrogens with one attached hydrogen (secondary N) is 2. The molecule has 3 aromatic rings. The third-order valence-electron chi connectivity index (χ3n) is 4.18. The third kappa shape index (κ3) is 4.47. The Morgan fingerprint density at radius 3 is 2.20 bits per heavy atom. The van der Waals surface area contributed by atoms with E-state index >= 15 is 0 Å². The molecule has 0 unspecified atom stereocenters. The molecule has 156 valence electrons. The molecule has 9 nitrogen and oxygen atoms in total. The Bertz CT molecular complexity index is 1110. The van der Waals surface area contributed by atoms with Crippen LogP contribution >= 0.6 is 23.2 Å². The third-order valence-corrected chi connectivity index (χ3v) is 4.71. The number of aromatic nitrogens is 2. The lowest BCUT2D eigenvalue weighted by atomic mass is 10.2. The van der Waals surface area contributed by atoms with Gasteiger partial charge in [0.15, 0.2) is 0 Å². The van der Waals surface area contributed by atoms with E-state index in [9.17, 15) is 10.1 Å². The second-order valence-electron chi connectivity index (χ2n) is 6.07. The van der Waals surface area contributed by atoms with Gasteiger partial charge in [-0.1, -0.05) is 29.3 Å². The highest BCUT2D eigenvalue weighted by molar-refractivity contribution is 6.32. The van der Waals surface area contributed by atoms with E-state index in [4.69, 9.17) is 32.7 Å². The summed E-state index contributed by atoms with van der Waals surface area (Å²) in [6.45, 7) is 1.84. The zero-order valence-electron chi connectivity index (χ0n) is 16.2. The molecule has 0 bridgehead atoms. The minimum Gasteiger partial charge on any atom is -0.495 e. The zero-order chi connectivity index (χ0) is 21.8. The van der Waals surface area contributed by atoms with Crippen LogP contribution in [0.3, 0.4) is 0 Å². The van der Waals surface area contributed by atoms with Crippen molar-refractivity contribution in [3.8, 4) is 11.5 Å². The summed E-state index contributed by atoms with van der Waals surface area (Å²) in [5.74, 6) is 0.720. The number of halogens is 2. The molecule has 1 aromatic heterocycles. The molecule has 0 saturated heterocycles. The van der Waals surface area contributed by atoms with E-state index < -0.39 is 4.92 Å². The lowest BCUT2D eigenvalue weighted by molar-refractivity contribution is -0.383. The van der Waals surface area contributed by atoms with Crippen molar-refractivity contribution in [2.24, 2.45) is 0 Å². The average Bonchev–Trinajstić information content (AvgIpc) is 2.71. The van der Waals surface area contributed by atoms with E-state index in [0.29, 0.717) is 32.9 Å². The molecule has 0 aliphatic carbocycles. The number of rotatable bonds is 7. The molecule has 3 rings (SSSR count). The molecule has 0 aliphatic heterocycles. The quantitative estimate of drug-likeness (QED) is 0.358. The monoisotopic (exact) mass is 449 g/mol. The van der Waals surface area contributed by atoms with Crippen LogP contribution in [-0.4, -0.2) is 29.1 Å². The van der Waals surface area contributed by atoms with Gasteiger partial charge in [0.2, 0.25) is 11.6 Å². The van der Waals surface area contributed by atoms with E-state index in [0.717, 1.165) is 5.56 Å². The maximum atomic E-state index is 11.8. The average molecular weight is 450 g/mol. The number of aryl methyl sites for hydroxylation is 1. The molecule has 0 amide bonds. The maximum Gasteiger partial charge on any atom is 0.353 e. The van der Waals surface area contributed by atoms with Gasteiger partial charge in [0.1, 0.15) is 17.8 Å². The summed E-state index contributed by atoms with van der Waals surface area (Å²) < 4.78 is 10.5. The van der Waals surface area contributed by atoms with Gasteiger partial charge in [0.25, 0.3) is 0 Å².